The van der Waals surface area contributed by atoms with Gasteiger partial charge in [0.05, 0.1) is 0 Å². The average molecular weight is 241 g/mol. The number of rotatable bonds is 2. The highest BCUT2D eigenvalue weighted by molar-refractivity contribution is 6.04. The van der Waals surface area contributed by atoms with Gasteiger partial charge in [-0.15, -0.1) is 0 Å². The molecule has 0 aliphatic rings. The van der Waals surface area contributed by atoms with E-state index in [1.54, 1.807) is 19.1 Å². The van der Waals surface area contributed by atoms with E-state index in [1.165, 1.54) is 6.07 Å². The number of nitrogens with one attached hydrogen (secondary N) is 1. The van der Waals surface area contributed by atoms with Crippen LogP contribution in [0.5, 0.6) is 5.75 Å². The van der Waals surface area contributed by atoms with E-state index in [2.05, 4.69) is 5.32 Å². The molecule has 0 aliphatic heterocycles. The number of hydrogen-bond acceptors (Lipinski definition) is 2. The van der Waals surface area contributed by atoms with Gasteiger partial charge in [-0.25, -0.2) is 0 Å². The molecule has 0 atom stereocenters. The van der Waals surface area contributed by atoms with Gasteiger partial charge in [-0.05, 0) is 43.7 Å². The smallest absolute Gasteiger partial charge is 0.255 e. The summed E-state index contributed by atoms with van der Waals surface area (Å²) in [5.74, 6) is -0.0966. The molecule has 3 nitrogen and oxygen atoms in total. The van der Waals surface area contributed by atoms with Crippen molar-refractivity contribution < 1.29 is 9.90 Å². The van der Waals surface area contributed by atoms with Crippen molar-refractivity contribution in [2.24, 2.45) is 0 Å². The number of phenols is 1. The molecule has 2 aromatic rings. The number of aromatic hydroxyl groups is 1. The lowest BCUT2D eigenvalue weighted by Crippen LogP contribution is -2.11. The number of hydrogen-bond donors (Lipinski definition) is 2. The summed E-state index contributed by atoms with van der Waals surface area (Å²) in [6, 6.07) is 12.4. The lowest BCUT2D eigenvalue weighted by Gasteiger charge is -2.07. The number of carbonyl (C=O) groups is 1. The van der Waals surface area contributed by atoms with Gasteiger partial charge < -0.3 is 10.4 Å². The quantitative estimate of drug-likeness (QED) is 0.847. The second-order valence-electron chi connectivity index (χ2n) is 4.32. The third kappa shape index (κ3) is 2.69. The zero-order valence-corrected chi connectivity index (χ0v) is 10.4. The van der Waals surface area contributed by atoms with Gasteiger partial charge in [0.2, 0.25) is 0 Å². The van der Waals surface area contributed by atoms with Crippen LogP contribution in [-0.4, -0.2) is 11.0 Å². The highest BCUT2D eigenvalue weighted by Gasteiger charge is 2.07. The molecular weight excluding hydrogens is 226 g/mol. The summed E-state index contributed by atoms with van der Waals surface area (Å²) in [7, 11) is 0. The summed E-state index contributed by atoms with van der Waals surface area (Å²) >= 11 is 0. The maximum absolute atomic E-state index is 11.9. The molecule has 0 aromatic heterocycles. The maximum Gasteiger partial charge on any atom is 0.255 e. The van der Waals surface area contributed by atoms with Crippen molar-refractivity contribution in [3.8, 4) is 5.75 Å². The van der Waals surface area contributed by atoms with Crippen molar-refractivity contribution in [1.82, 2.24) is 0 Å². The topological polar surface area (TPSA) is 49.3 Å². The molecule has 0 saturated carbocycles. The SMILES string of the molecule is Cc1ccc(NC(=O)c2ccc(C)c(O)c2)cc1. The van der Waals surface area contributed by atoms with Crippen molar-refractivity contribution in [2.75, 3.05) is 5.32 Å². The zero-order valence-electron chi connectivity index (χ0n) is 10.4. The minimum atomic E-state index is -0.228. The number of amides is 1. The maximum atomic E-state index is 11.9. The lowest BCUT2D eigenvalue weighted by molar-refractivity contribution is 0.102. The Morgan fingerprint density at radius 3 is 2.33 bits per heavy atom. The van der Waals surface area contributed by atoms with E-state index in [0.29, 0.717) is 5.56 Å². The molecule has 0 unspecified atom stereocenters. The Labute approximate surface area is 106 Å². The summed E-state index contributed by atoms with van der Waals surface area (Å²) < 4.78 is 0. The van der Waals surface area contributed by atoms with Crippen LogP contribution in [0.25, 0.3) is 0 Å². The van der Waals surface area contributed by atoms with Gasteiger partial charge in [0.1, 0.15) is 5.75 Å². The largest absolute Gasteiger partial charge is 0.508 e. The third-order valence-corrected chi connectivity index (χ3v) is 2.78. The molecule has 0 saturated heterocycles. The molecule has 0 bridgehead atoms. The molecule has 0 spiro atoms. The van der Waals surface area contributed by atoms with E-state index in [-0.39, 0.29) is 11.7 Å². The van der Waals surface area contributed by atoms with Gasteiger partial charge >= 0.3 is 0 Å². The van der Waals surface area contributed by atoms with Crippen molar-refractivity contribution in [2.45, 2.75) is 13.8 Å². The molecular formula is C15H15NO2. The molecule has 3 heteroatoms. The fourth-order valence-electron chi connectivity index (χ4n) is 1.59. The van der Waals surface area contributed by atoms with Crippen LogP contribution in [-0.2, 0) is 0 Å². The molecule has 2 rings (SSSR count). The van der Waals surface area contributed by atoms with Crippen LogP contribution < -0.4 is 5.32 Å². The minimum Gasteiger partial charge on any atom is -0.508 e. The molecule has 0 fully saturated rings. The summed E-state index contributed by atoms with van der Waals surface area (Å²) in [5.41, 5.74) is 3.08. The molecule has 2 aromatic carbocycles. The number of carbonyl (C=O) groups excluding carboxylic acids is 1. The van der Waals surface area contributed by atoms with Gasteiger partial charge in [0.15, 0.2) is 0 Å². The highest BCUT2D eigenvalue weighted by Crippen LogP contribution is 2.18. The van der Waals surface area contributed by atoms with Crippen molar-refractivity contribution in [1.29, 1.82) is 0 Å². The van der Waals surface area contributed by atoms with Crippen LogP contribution in [0, 0.1) is 13.8 Å². The number of aryl methyl sites for hydroxylation is 2. The molecule has 92 valence electrons. The van der Waals surface area contributed by atoms with Gasteiger partial charge in [-0.3, -0.25) is 4.79 Å². The molecule has 0 aliphatic carbocycles. The van der Waals surface area contributed by atoms with Crippen LogP contribution in [0.3, 0.4) is 0 Å². The fourth-order valence-corrected chi connectivity index (χ4v) is 1.59. The Morgan fingerprint density at radius 1 is 1.06 bits per heavy atom. The molecule has 0 radical (unpaired) electrons. The van der Waals surface area contributed by atoms with E-state index >= 15 is 0 Å². The lowest BCUT2D eigenvalue weighted by atomic mass is 10.1. The zero-order chi connectivity index (χ0) is 13.1. The standard InChI is InChI=1S/C15H15NO2/c1-10-3-7-13(8-4-10)16-15(18)12-6-5-11(2)14(17)9-12/h3-9,17H,1-2H3,(H,16,18). The molecule has 2 N–H and O–H groups in total. The first-order valence-electron chi connectivity index (χ1n) is 5.74. The van der Waals surface area contributed by atoms with Crippen LogP contribution >= 0.6 is 0 Å². The first-order chi connectivity index (χ1) is 8.56. The van der Waals surface area contributed by atoms with E-state index in [1.807, 2.05) is 31.2 Å². The number of anilines is 1. The van der Waals surface area contributed by atoms with Crippen LogP contribution in [0.2, 0.25) is 0 Å². The summed E-state index contributed by atoms with van der Waals surface area (Å²) in [6.45, 7) is 3.78. The van der Waals surface area contributed by atoms with Crippen LogP contribution in [0.15, 0.2) is 42.5 Å². The predicted octanol–water partition coefficient (Wildman–Crippen LogP) is 3.26. The number of benzene rings is 2. The van der Waals surface area contributed by atoms with Crippen molar-refractivity contribution in [3.63, 3.8) is 0 Å². The predicted molar refractivity (Wildman–Crippen MR) is 72.0 cm³/mol. The Hall–Kier alpha value is -2.29. The summed E-state index contributed by atoms with van der Waals surface area (Å²) in [4.78, 5) is 11.9. The Morgan fingerprint density at radius 2 is 1.72 bits per heavy atom. The second kappa shape index (κ2) is 4.92. The molecule has 1 amide bonds. The van der Waals surface area contributed by atoms with Gasteiger partial charge in [-0.2, -0.15) is 0 Å². The average Bonchev–Trinajstić information content (AvgIpc) is 2.35. The summed E-state index contributed by atoms with van der Waals surface area (Å²) in [6.07, 6.45) is 0. The van der Waals surface area contributed by atoms with E-state index < -0.39 is 0 Å². The van der Waals surface area contributed by atoms with Crippen LogP contribution in [0.4, 0.5) is 5.69 Å². The van der Waals surface area contributed by atoms with Crippen molar-refractivity contribution in [3.05, 3.63) is 59.2 Å². The Balaban J connectivity index is 2.16. The first-order valence-corrected chi connectivity index (χ1v) is 5.74. The third-order valence-electron chi connectivity index (χ3n) is 2.78. The second-order valence-corrected chi connectivity index (χ2v) is 4.32. The fraction of sp³-hybridized carbons (Fsp3) is 0.133. The van der Waals surface area contributed by atoms with Gasteiger partial charge in [0.25, 0.3) is 5.91 Å². The normalized spacial score (nSPS) is 10.1. The Kier molecular flexibility index (Phi) is 3.33. The monoisotopic (exact) mass is 241 g/mol. The van der Waals surface area contributed by atoms with Crippen molar-refractivity contribution >= 4 is 11.6 Å². The first kappa shape index (κ1) is 12.2. The van der Waals surface area contributed by atoms with Crippen LogP contribution in [0.1, 0.15) is 21.5 Å². The highest BCUT2D eigenvalue weighted by atomic mass is 16.3. The molecule has 0 heterocycles. The minimum absolute atomic E-state index is 0.131. The van der Waals surface area contributed by atoms with E-state index in [0.717, 1.165) is 16.8 Å². The molecule has 18 heavy (non-hydrogen) atoms. The number of phenolic OH excluding ortho intramolecular Hbond substituents is 1. The van der Waals surface area contributed by atoms with Gasteiger partial charge in [0, 0.05) is 11.3 Å². The van der Waals surface area contributed by atoms with Gasteiger partial charge in [-0.1, -0.05) is 23.8 Å². The van der Waals surface area contributed by atoms with E-state index in [9.17, 15) is 9.90 Å². The Bertz CT molecular complexity index is 574. The summed E-state index contributed by atoms with van der Waals surface area (Å²) in [5, 5.41) is 12.4. The van der Waals surface area contributed by atoms with E-state index in [4.69, 9.17) is 0 Å².